The number of methoxy groups -OCH3 is 1. The van der Waals surface area contributed by atoms with E-state index in [0.29, 0.717) is 24.3 Å². The fourth-order valence-electron chi connectivity index (χ4n) is 5.96. The molecular formula is C23H31N3O6. The van der Waals surface area contributed by atoms with Gasteiger partial charge in [-0.3, -0.25) is 14.4 Å². The third-order valence-electron chi connectivity index (χ3n) is 7.51. The number of nitrogens with one attached hydrogen (secondary N) is 2. The first kappa shape index (κ1) is 22.5. The monoisotopic (exact) mass is 445 g/mol. The molecule has 0 aliphatic carbocycles. The van der Waals surface area contributed by atoms with Crippen LogP contribution in [0.5, 0.6) is 5.75 Å². The second-order valence-electron chi connectivity index (χ2n) is 9.14. The van der Waals surface area contributed by atoms with Crippen molar-refractivity contribution < 1.29 is 29.0 Å². The Bertz CT molecular complexity index is 921. The number of nitrogens with zero attached hydrogens (tertiary/aromatic N) is 1. The van der Waals surface area contributed by atoms with Crippen LogP contribution in [0.1, 0.15) is 26.7 Å². The third kappa shape index (κ3) is 3.09. The Morgan fingerprint density at radius 1 is 1.28 bits per heavy atom. The summed E-state index contributed by atoms with van der Waals surface area (Å²) in [6.45, 7) is 3.97. The van der Waals surface area contributed by atoms with Gasteiger partial charge in [0, 0.05) is 25.9 Å². The van der Waals surface area contributed by atoms with Crippen molar-refractivity contribution in [3.8, 4) is 5.75 Å². The number of carbonyl (C=O) groups is 3. The second-order valence-corrected chi connectivity index (χ2v) is 9.14. The van der Waals surface area contributed by atoms with Gasteiger partial charge < -0.3 is 30.1 Å². The molecule has 1 aromatic rings. The van der Waals surface area contributed by atoms with Gasteiger partial charge in [0.1, 0.15) is 17.4 Å². The van der Waals surface area contributed by atoms with Gasteiger partial charge in [0.05, 0.1) is 24.5 Å². The summed E-state index contributed by atoms with van der Waals surface area (Å²) < 4.78 is 11.7. The number of hydrogen-bond donors (Lipinski definition) is 3. The van der Waals surface area contributed by atoms with Crippen LogP contribution < -0.4 is 15.4 Å². The first-order valence-corrected chi connectivity index (χ1v) is 11.0. The van der Waals surface area contributed by atoms with Crippen LogP contribution in [0.4, 0.5) is 5.69 Å². The molecule has 1 aromatic carbocycles. The van der Waals surface area contributed by atoms with Gasteiger partial charge in [0.2, 0.25) is 17.7 Å². The van der Waals surface area contributed by atoms with E-state index in [1.165, 1.54) is 4.90 Å². The maximum absolute atomic E-state index is 13.6. The van der Waals surface area contributed by atoms with Gasteiger partial charge in [-0.05, 0) is 49.9 Å². The number of rotatable bonds is 7. The molecule has 3 saturated heterocycles. The average Bonchev–Trinajstić information content (AvgIpc) is 3.29. The molecule has 4 rings (SSSR count). The summed E-state index contributed by atoms with van der Waals surface area (Å²) in [5.41, 5.74) is -1.35. The smallest absolute Gasteiger partial charge is 0.250 e. The van der Waals surface area contributed by atoms with Gasteiger partial charge >= 0.3 is 0 Å². The molecule has 3 aliphatic heterocycles. The molecule has 6 atom stereocenters. The van der Waals surface area contributed by atoms with Crippen LogP contribution >= 0.6 is 0 Å². The minimum atomic E-state index is -1.09. The van der Waals surface area contributed by atoms with E-state index in [2.05, 4.69) is 10.6 Å². The number of ether oxygens (including phenoxy) is 2. The zero-order valence-corrected chi connectivity index (χ0v) is 18.9. The molecular weight excluding hydrogens is 414 g/mol. The molecule has 3 aliphatic rings. The lowest BCUT2D eigenvalue weighted by Crippen LogP contribution is -2.54. The van der Waals surface area contributed by atoms with Crippen LogP contribution in [-0.4, -0.2) is 72.3 Å². The Kier molecular flexibility index (Phi) is 5.67. The van der Waals surface area contributed by atoms with E-state index in [9.17, 15) is 19.5 Å². The maximum Gasteiger partial charge on any atom is 0.250 e. The Balaban J connectivity index is 1.72. The largest absolute Gasteiger partial charge is 0.497 e. The highest BCUT2D eigenvalue weighted by Crippen LogP contribution is 2.65. The molecule has 174 valence electrons. The molecule has 32 heavy (non-hydrogen) atoms. The molecule has 3 N–H and O–H groups in total. The number of hydrogen-bond acceptors (Lipinski definition) is 6. The molecule has 1 spiro atoms. The van der Waals surface area contributed by atoms with Gasteiger partial charge in [0.25, 0.3) is 0 Å². The zero-order chi connectivity index (χ0) is 23.3. The van der Waals surface area contributed by atoms with E-state index < -0.39 is 29.1 Å². The predicted octanol–water partition coefficient (Wildman–Crippen LogP) is 0.773. The molecule has 3 heterocycles. The van der Waals surface area contributed by atoms with E-state index in [1.807, 2.05) is 13.8 Å². The highest BCUT2D eigenvalue weighted by molar-refractivity contribution is 6.03. The summed E-state index contributed by atoms with van der Waals surface area (Å²) in [4.78, 5) is 41.6. The Labute approximate surface area is 187 Å². The van der Waals surface area contributed by atoms with Crippen LogP contribution in [0.2, 0.25) is 0 Å². The fraction of sp³-hybridized carbons (Fsp3) is 0.609. The van der Waals surface area contributed by atoms with Crippen LogP contribution in [0, 0.1) is 17.8 Å². The first-order chi connectivity index (χ1) is 15.2. The van der Waals surface area contributed by atoms with Gasteiger partial charge in [0.15, 0.2) is 0 Å². The molecule has 0 saturated carbocycles. The number of likely N-dealkylation sites (tertiary alicyclic amines) is 1. The second kappa shape index (κ2) is 8.04. The Morgan fingerprint density at radius 2 is 1.97 bits per heavy atom. The summed E-state index contributed by atoms with van der Waals surface area (Å²) in [7, 11) is 3.11. The number of benzene rings is 1. The number of aliphatic hydroxyl groups is 1. The lowest BCUT2D eigenvalue weighted by molar-refractivity contribution is -0.146. The third-order valence-corrected chi connectivity index (χ3v) is 7.51. The molecule has 9 nitrogen and oxygen atoms in total. The van der Waals surface area contributed by atoms with Crippen molar-refractivity contribution in [1.82, 2.24) is 10.2 Å². The van der Waals surface area contributed by atoms with Crippen LogP contribution in [0.3, 0.4) is 0 Å². The predicted molar refractivity (Wildman–Crippen MR) is 116 cm³/mol. The van der Waals surface area contributed by atoms with Crippen molar-refractivity contribution in [2.45, 2.75) is 43.9 Å². The highest BCUT2D eigenvalue weighted by Gasteiger charge is 2.79. The highest BCUT2D eigenvalue weighted by atomic mass is 16.5. The number of fused-ring (bicyclic) bond motifs is 1. The minimum absolute atomic E-state index is 0.0112. The number of anilines is 1. The van der Waals surface area contributed by atoms with Crippen molar-refractivity contribution in [1.29, 1.82) is 0 Å². The van der Waals surface area contributed by atoms with Crippen LogP contribution in [0.15, 0.2) is 24.3 Å². The summed E-state index contributed by atoms with van der Waals surface area (Å²) >= 11 is 0. The molecule has 3 unspecified atom stereocenters. The summed E-state index contributed by atoms with van der Waals surface area (Å²) in [6, 6.07) is 6.04. The lowest BCUT2D eigenvalue weighted by atomic mass is 9.62. The molecule has 3 amide bonds. The number of carbonyl (C=O) groups excluding carboxylic acids is 3. The van der Waals surface area contributed by atoms with Crippen molar-refractivity contribution in [3.63, 3.8) is 0 Å². The molecule has 2 bridgehead atoms. The molecule has 0 aromatic heterocycles. The standard InChI is InChI=1S/C23H31N3O6/c1-13-12-23-17(16(19(28)24-3)22(13,2)32-23)21(30)26(10-5-11-27)18(23)20(29)25-14-6-8-15(31-4)9-7-14/h6-9,13,16-18,27H,5,10-12H2,1-4H3,(H,24,28)(H,25,29)/t13?,16-,17-,18?,22+,23?/m0/s1. The van der Waals surface area contributed by atoms with E-state index in [0.717, 1.165) is 0 Å². The number of aliphatic hydroxyl groups excluding tert-OH is 1. The number of amides is 3. The normalized spacial score (nSPS) is 35.0. The van der Waals surface area contributed by atoms with Crippen molar-refractivity contribution in [3.05, 3.63) is 24.3 Å². The van der Waals surface area contributed by atoms with Gasteiger partial charge in [-0.1, -0.05) is 6.92 Å². The summed E-state index contributed by atoms with van der Waals surface area (Å²) in [5, 5.41) is 15.0. The van der Waals surface area contributed by atoms with Gasteiger partial charge in [-0.25, -0.2) is 0 Å². The summed E-state index contributed by atoms with van der Waals surface area (Å²) in [5.74, 6) is -1.65. The van der Waals surface area contributed by atoms with Gasteiger partial charge in [-0.15, -0.1) is 0 Å². The van der Waals surface area contributed by atoms with E-state index in [4.69, 9.17) is 9.47 Å². The van der Waals surface area contributed by atoms with Crippen molar-refractivity contribution >= 4 is 23.4 Å². The maximum atomic E-state index is 13.6. The SMILES string of the molecule is CNC(=O)[C@@H]1[C@H]2C(=O)N(CCCO)C(C(=O)Nc3ccc(OC)cc3)C23CC(C)[C@@]1(C)O3. The average molecular weight is 446 g/mol. The van der Waals surface area contributed by atoms with Crippen LogP contribution in [0.25, 0.3) is 0 Å². The van der Waals surface area contributed by atoms with Crippen molar-refractivity contribution in [2.75, 3.05) is 32.6 Å². The fourth-order valence-corrected chi connectivity index (χ4v) is 5.96. The molecule has 0 radical (unpaired) electrons. The minimum Gasteiger partial charge on any atom is -0.497 e. The zero-order valence-electron chi connectivity index (χ0n) is 18.9. The van der Waals surface area contributed by atoms with Gasteiger partial charge in [-0.2, -0.15) is 0 Å². The lowest BCUT2D eigenvalue weighted by Gasteiger charge is -2.36. The first-order valence-electron chi connectivity index (χ1n) is 11.0. The van der Waals surface area contributed by atoms with E-state index in [-0.39, 0.29) is 36.8 Å². The summed E-state index contributed by atoms with van der Waals surface area (Å²) in [6.07, 6.45) is 0.835. The quantitative estimate of drug-likeness (QED) is 0.571. The Morgan fingerprint density at radius 3 is 2.56 bits per heavy atom. The molecule has 9 heteroatoms. The van der Waals surface area contributed by atoms with E-state index in [1.54, 1.807) is 38.4 Å². The van der Waals surface area contributed by atoms with Crippen LogP contribution in [-0.2, 0) is 19.1 Å². The topological polar surface area (TPSA) is 117 Å². The van der Waals surface area contributed by atoms with E-state index >= 15 is 0 Å². The van der Waals surface area contributed by atoms with Crippen molar-refractivity contribution in [2.24, 2.45) is 17.8 Å². The molecule has 3 fully saturated rings. The Hall–Kier alpha value is -2.65.